The first kappa shape index (κ1) is 16.3. The molecular weight excluding hydrogens is 370 g/mol. The Morgan fingerprint density at radius 2 is 1.75 bits per heavy atom. The van der Waals surface area contributed by atoms with Gasteiger partial charge in [-0.1, -0.05) is 28.1 Å². The Kier molecular flexibility index (Phi) is 4.40. The van der Waals surface area contributed by atoms with Gasteiger partial charge >= 0.3 is 0 Å². The van der Waals surface area contributed by atoms with E-state index in [1.54, 1.807) is 31.4 Å². The largest absolute Gasteiger partial charge is 0.340 e. The van der Waals surface area contributed by atoms with E-state index in [0.717, 1.165) is 15.7 Å². The lowest BCUT2D eigenvalue weighted by molar-refractivity contribution is 0.101. The fourth-order valence-electron chi connectivity index (χ4n) is 2.53. The van der Waals surface area contributed by atoms with E-state index in [-0.39, 0.29) is 17.2 Å². The van der Waals surface area contributed by atoms with Gasteiger partial charge in [0.1, 0.15) is 11.4 Å². The quantitative estimate of drug-likeness (QED) is 0.750. The number of benzene rings is 1. The normalized spacial score (nSPS) is 10.6. The minimum atomic E-state index is -0.316. The third-order valence-corrected chi connectivity index (χ3v) is 4.39. The standard InChI is InChI=1S/C18H16BrN3O2/c1-21-11-3-4-14(18(21)24)20-17(23)16-10-9-15(22(16)2)12-5-7-13(19)8-6-12/h3-11H,1-2H3,(H,20,23). The predicted molar refractivity (Wildman–Crippen MR) is 98.2 cm³/mol. The summed E-state index contributed by atoms with van der Waals surface area (Å²) in [5.74, 6) is -0.316. The Labute approximate surface area is 147 Å². The molecule has 0 aliphatic rings. The molecule has 5 nitrogen and oxygen atoms in total. The van der Waals surface area contributed by atoms with Crippen molar-refractivity contribution in [3.63, 3.8) is 0 Å². The second-order valence-electron chi connectivity index (χ2n) is 5.46. The fraction of sp³-hybridized carbons (Fsp3) is 0.111. The van der Waals surface area contributed by atoms with Crippen molar-refractivity contribution in [2.75, 3.05) is 5.32 Å². The summed E-state index contributed by atoms with van der Waals surface area (Å²) >= 11 is 3.41. The molecule has 0 spiro atoms. The Morgan fingerprint density at radius 3 is 2.46 bits per heavy atom. The monoisotopic (exact) mass is 385 g/mol. The highest BCUT2D eigenvalue weighted by molar-refractivity contribution is 9.10. The van der Waals surface area contributed by atoms with Crippen molar-refractivity contribution >= 4 is 27.5 Å². The number of amides is 1. The van der Waals surface area contributed by atoms with Crippen molar-refractivity contribution in [2.45, 2.75) is 0 Å². The number of anilines is 1. The molecule has 0 radical (unpaired) electrons. The number of pyridine rings is 1. The summed E-state index contributed by atoms with van der Waals surface area (Å²) < 4.78 is 4.23. The van der Waals surface area contributed by atoms with Crippen LogP contribution in [-0.4, -0.2) is 15.0 Å². The molecule has 0 bridgehead atoms. The van der Waals surface area contributed by atoms with Crippen LogP contribution in [0.3, 0.4) is 0 Å². The number of halogens is 1. The zero-order valence-corrected chi connectivity index (χ0v) is 14.9. The van der Waals surface area contributed by atoms with Crippen molar-refractivity contribution in [3.05, 3.63) is 75.2 Å². The number of hydrogen-bond donors (Lipinski definition) is 1. The lowest BCUT2D eigenvalue weighted by Gasteiger charge is -2.09. The highest BCUT2D eigenvalue weighted by Crippen LogP contribution is 2.23. The van der Waals surface area contributed by atoms with E-state index >= 15 is 0 Å². The van der Waals surface area contributed by atoms with Gasteiger partial charge in [-0.25, -0.2) is 0 Å². The number of aromatic nitrogens is 2. The summed E-state index contributed by atoms with van der Waals surface area (Å²) in [5.41, 5.74) is 2.44. The van der Waals surface area contributed by atoms with E-state index in [1.165, 1.54) is 4.57 Å². The minimum absolute atomic E-state index is 0.242. The second-order valence-corrected chi connectivity index (χ2v) is 6.38. The highest BCUT2D eigenvalue weighted by Gasteiger charge is 2.15. The molecule has 2 aromatic heterocycles. The third-order valence-electron chi connectivity index (χ3n) is 3.87. The van der Waals surface area contributed by atoms with Crippen molar-refractivity contribution in [3.8, 4) is 11.3 Å². The van der Waals surface area contributed by atoms with Crippen LogP contribution in [0.5, 0.6) is 0 Å². The first-order chi connectivity index (χ1) is 11.5. The Balaban J connectivity index is 1.90. The van der Waals surface area contributed by atoms with E-state index in [2.05, 4.69) is 21.2 Å². The van der Waals surface area contributed by atoms with E-state index in [4.69, 9.17) is 0 Å². The highest BCUT2D eigenvalue weighted by atomic mass is 79.9. The molecule has 122 valence electrons. The van der Waals surface area contributed by atoms with Crippen LogP contribution in [0.2, 0.25) is 0 Å². The number of aryl methyl sites for hydroxylation is 1. The van der Waals surface area contributed by atoms with Crippen LogP contribution < -0.4 is 10.9 Å². The van der Waals surface area contributed by atoms with Gasteiger partial charge in [0.05, 0.1) is 0 Å². The summed E-state index contributed by atoms with van der Waals surface area (Å²) in [6.07, 6.45) is 1.64. The lowest BCUT2D eigenvalue weighted by Crippen LogP contribution is -2.24. The molecule has 3 rings (SSSR count). The minimum Gasteiger partial charge on any atom is -0.340 e. The molecule has 0 saturated heterocycles. The smallest absolute Gasteiger partial charge is 0.274 e. The van der Waals surface area contributed by atoms with Gasteiger partial charge in [0, 0.05) is 30.5 Å². The van der Waals surface area contributed by atoms with Crippen LogP contribution in [0, 0.1) is 0 Å². The SMILES string of the molecule is Cn1c(C(=O)Nc2cccn(C)c2=O)ccc1-c1ccc(Br)cc1. The number of carbonyl (C=O) groups excluding carboxylic acids is 1. The number of nitrogens with zero attached hydrogens (tertiary/aromatic N) is 2. The van der Waals surface area contributed by atoms with Crippen molar-refractivity contribution in [1.29, 1.82) is 0 Å². The summed E-state index contributed by atoms with van der Waals surface area (Å²) in [6.45, 7) is 0. The van der Waals surface area contributed by atoms with Crippen LogP contribution in [-0.2, 0) is 14.1 Å². The molecule has 1 N–H and O–H groups in total. The van der Waals surface area contributed by atoms with Gasteiger partial charge in [0.25, 0.3) is 11.5 Å². The maximum atomic E-state index is 12.5. The van der Waals surface area contributed by atoms with E-state index < -0.39 is 0 Å². The topological polar surface area (TPSA) is 56.0 Å². The average Bonchev–Trinajstić information content (AvgIpc) is 2.94. The van der Waals surface area contributed by atoms with Gasteiger partial charge < -0.3 is 14.5 Å². The van der Waals surface area contributed by atoms with Crippen molar-refractivity contribution < 1.29 is 4.79 Å². The predicted octanol–water partition coefficient (Wildman–Crippen LogP) is 3.41. The van der Waals surface area contributed by atoms with Gasteiger partial charge in [-0.2, -0.15) is 0 Å². The van der Waals surface area contributed by atoms with Crippen LogP contribution in [0.4, 0.5) is 5.69 Å². The Morgan fingerprint density at radius 1 is 1.04 bits per heavy atom. The first-order valence-corrected chi connectivity index (χ1v) is 8.15. The number of carbonyl (C=O) groups is 1. The number of nitrogens with one attached hydrogen (secondary N) is 1. The molecule has 24 heavy (non-hydrogen) atoms. The summed E-state index contributed by atoms with van der Waals surface area (Å²) in [4.78, 5) is 24.5. The number of rotatable bonds is 3. The zero-order chi connectivity index (χ0) is 17.3. The molecule has 1 aromatic carbocycles. The zero-order valence-electron chi connectivity index (χ0n) is 13.3. The Bertz CT molecular complexity index is 955. The molecule has 0 saturated carbocycles. The molecule has 0 aliphatic heterocycles. The van der Waals surface area contributed by atoms with Crippen LogP contribution in [0.25, 0.3) is 11.3 Å². The van der Waals surface area contributed by atoms with Crippen LogP contribution in [0.1, 0.15) is 10.5 Å². The average molecular weight is 386 g/mol. The maximum Gasteiger partial charge on any atom is 0.274 e. The van der Waals surface area contributed by atoms with Crippen molar-refractivity contribution in [2.24, 2.45) is 14.1 Å². The van der Waals surface area contributed by atoms with Gasteiger partial charge in [0.15, 0.2) is 0 Å². The molecule has 3 aromatic rings. The van der Waals surface area contributed by atoms with E-state index in [9.17, 15) is 9.59 Å². The molecule has 6 heteroatoms. The lowest BCUT2D eigenvalue weighted by atomic mass is 10.1. The number of hydrogen-bond acceptors (Lipinski definition) is 2. The van der Waals surface area contributed by atoms with E-state index in [0.29, 0.717) is 5.69 Å². The van der Waals surface area contributed by atoms with Crippen molar-refractivity contribution in [1.82, 2.24) is 9.13 Å². The molecular formula is C18H16BrN3O2. The van der Waals surface area contributed by atoms with Crippen LogP contribution >= 0.6 is 15.9 Å². The third kappa shape index (κ3) is 3.05. The molecule has 0 atom stereocenters. The fourth-order valence-corrected chi connectivity index (χ4v) is 2.79. The van der Waals surface area contributed by atoms with Gasteiger partial charge in [-0.05, 0) is 42.0 Å². The van der Waals surface area contributed by atoms with Gasteiger partial charge in [-0.3, -0.25) is 9.59 Å². The molecule has 0 aliphatic carbocycles. The van der Waals surface area contributed by atoms with Gasteiger partial charge in [-0.15, -0.1) is 0 Å². The molecule has 2 heterocycles. The maximum absolute atomic E-state index is 12.5. The van der Waals surface area contributed by atoms with Gasteiger partial charge in [0.2, 0.25) is 0 Å². The second kappa shape index (κ2) is 6.49. The Hall–Kier alpha value is -2.60. The molecule has 1 amide bonds. The molecule has 0 fully saturated rings. The first-order valence-electron chi connectivity index (χ1n) is 7.36. The molecule has 0 unspecified atom stereocenters. The summed E-state index contributed by atoms with van der Waals surface area (Å²) in [5, 5.41) is 2.68. The van der Waals surface area contributed by atoms with Crippen LogP contribution in [0.15, 0.2) is 64.0 Å². The van der Waals surface area contributed by atoms with E-state index in [1.807, 2.05) is 41.9 Å². The summed E-state index contributed by atoms with van der Waals surface area (Å²) in [7, 11) is 3.47. The summed E-state index contributed by atoms with van der Waals surface area (Å²) in [6, 6.07) is 14.8.